The Bertz CT molecular complexity index is 528. The van der Waals surface area contributed by atoms with E-state index in [9.17, 15) is 13.2 Å². The molecule has 1 saturated heterocycles. The molecule has 0 saturated carbocycles. The van der Waals surface area contributed by atoms with E-state index in [1.165, 1.54) is 6.26 Å². The van der Waals surface area contributed by atoms with Gasteiger partial charge >= 0.3 is 5.97 Å². The molecule has 9 heteroatoms. The summed E-state index contributed by atoms with van der Waals surface area (Å²) < 4.78 is 32.4. The molecule has 1 aliphatic heterocycles. The molecule has 1 N–H and O–H groups in total. The normalized spacial score (nSPS) is 16.8. The first-order valence-corrected chi connectivity index (χ1v) is 10.9. The molecule has 0 spiro atoms. The second-order valence-electron chi connectivity index (χ2n) is 5.99. The molecule has 0 aliphatic carbocycles. The Morgan fingerprint density at radius 2 is 1.92 bits per heavy atom. The van der Waals surface area contributed by atoms with Crippen LogP contribution in [-0.4, -0.2) is 83.3 Å². The third-order valence-corrected chi connectivity index (χ3v) is 4.75. The molecule has 8 nitrogen and oxygen atoms in total. The maximum absolute atomic E-state index is 11.8. The molecule has 0 amide bonds. The second kappa shape index (κ2) is 11.3. The van der Waals surface area contributed by atoms with Crippen molar-refractivity contribution in [3.8, 4) is 0 Å². The summed E-state index contributed by atoms with van der Waals surface area (Å²) in [7, 11) is -2.99. The summed E-state index contributed by atoms with van der Waals surface area (Å²) in [6.45, 7) is 7.54. The van der Waals surface area contributed by atoms with Crippen molar-refractivity contribution in [3.05, 3.63) is 0 Å². The topological polar surface area (TPSA) is 97.3 Å². The highest BCUT2D eigenvalue weighted by atomic mass is 32.2. The average molecular weight is 378 g/mol. The van der Waals surface area contributed by atoms with Gasteiger partial charge in [0.05, 0.1) is 38.0 Å². The van der Waals surface area contributed by atoms with Crippen molar-refractivity contribution >= 4 is 21.8 Å². The van der Waals surface area contributed by atoms with Gasteiger partial charge in [-0.3, -0.25) is 9.79 Å². The maximum Gasteiger partial charge on any atom is 0.309 e. The molecule has 0 radical (unpaired) electrons. The average Bonchev–Trinajstić information content (AvgIpc) is 2.56. The van der Waals surface area contributed by atoms with Crippen molar-refractivity contribution in [2.45, 2.75) is 26.7 Å². The first-order chi connectivity index (χ1) is 11.9. The Morgan fingerprint density at radius 3 is 2.48 bits per heavy atom. The Labute approximate surface area is 150 Å². The zero-order valence-electron chi connectivity index (χ0n) is 15.5. The summed E-state index contributed by atoms with van der Waals surface area (Å²) in [6, 6.07) is 0. The van der Waals surface area contributed by atoms with Crippen molar-refractivity contribution in [3.63, 3.8) is 0 Å². The molecule has 0 bridgehead atoms. The van der Waals surface area contributed by atoms with Crippen molar-refractivity contribution in [2.75, 3.05) is 58.0 Å². The number of rotatable bonds is 9. The quantitative estimate of drug-likeness (QED) is 0.267. The fourth-order valence-corrected chi connectivity index (χ4v) is 2.96. The third kappa shape index (κ3) is 9.06. The van der Waals surface area contributed by atoms with Crippen LogP contribution in [0.25, 0.3) is 0 Å². The zero-order chi connectivity index (χ0) is 18.7. The van der Waals surface area contributed by atoms with Crippen molar-refractivity contribution in [2.24, 2.45) is 10.9 Å². The van der Waals surface area contributed by atoms with Crippen LogP contribution >= 0.6 is 0 Å². The Morgan fingerprint density at radius 1 is 1.24 bits per heavy atom. The van der Waals surface area contributed by atoms with Gasteiger partial charge in [-0.25, -0.2) is 8.42 Å². The standard InChI is InChI=1S/C16H31N3O5S/c1-4-17-16(18-8-11-23-12-13-25(3,21)22)19-9-6-14(7-10-19)15(20)24-5-2/h14H,4-13H2,1-3H3,(H,17,18). The van der Waals surface area contributed by atoms with Crippen LogP contribution in [0, 0.1) is 5.92 Å². The smallest absolute Gasteiger partial charge is 0.309 e. The lowest BCUT2D eigenvalue weighted by atomic mass is 9.97. The van der Waals surface area contributed by atoms with Gasteiger partial charge in [-0.2, -0.15) is 0 Å². The fraction of sp³-hybridized carbons (Fsp3) is 0.875. The van der Waals surface area contributed by atoms with Crippen molar-refractivity contribution in [1.82, 2.24) is 10.2 Å². The van der Waals surface area contributed by atoms with E-state index in [0.717, 1.165) is 38.4 Å². The number of piperidine rings is 1. The van der Waals surface area contributed by atoms with E-state index in [2.05, 4.69) is 15.2 Å². The Balaban J connectivity index is 2.39. The van der Waals surface area contributed by atoms with E-state index < -0.39 is 9.84 Å². The minimum Gasteiger partial charge on any atom is -0.466 e. The monoisotopic (exact) mass is 377 g/mol. The minimum absolute atomic E-state index is 0.0259. The predicted molar refractivity (Wildman–Crippen MR) is 97.4 cm³/mol. The molecule has 1 heterocycles. The van der Waals surface area contributed by atoms with E-state index in [-0.39, 0.29) is 24.2 Å². The molecule has 0 aromatic carbocycles. The van der Waals surface area contributed by atoms with E-state index in [1.54, 1.807) is 0 Å². The van der Waals surface area contributed by atoms with Crippen LogP contribution in [0.4, 0.5) is 0 Å². The fourth-order valence-electron chi connectivity index (χ4n) is 2.54. The minimum atomic E-state index is -2.99. The van der Waals surface area contributed by atoms with Crippen LogP contribution in [-0.2, 0) is 24.1 Å². The van der Waals surface area contributed by atoms with Gasteiger partial charge in [0.15, 0.2) is 5.96 Å². The predicted octanol–water partition coefficient (Wildman–Crippen LogP) is 0.288. The van der Waals surface area contributed by atoms with Gasteiger partial charge in [0.1, 0.15) is 9.84 Å². The van der Waals surface area contributed by atoms with Gasteiger partial charge in [0.25, 0.3) is 0 Å². The summed E-state index contributed by atoms with van der Waals surface area (Å²) in [6.07, 6.45) is 2.71. The van der Waals surface area contributed by atoms with Gasteiger partial charge in [-0.15, -0.1) is 0 Å². The van der Waals surface area contributed by atoms with Gasteiger partial charge in [0, 0.05) is 25.9 Å². The number of ether oxygens (including phenoxy) is 2. The molecule has 146 valence electrons. The molecule has 0 aromatic heterocycles. The Kier molecular flexibility index (Phi) is 9.81. The van der Waals surface area contributed by atoms with Crippen LogP contribution in [0.5, 0.6) is 0 Å². The maximum atomic E-state index is 11.8. The lowest BCUT2D eigenvalue weighted by molar-refractivity contribution is -0.149. The van der Waals surface area contributed by atoms with Crippen LogP contribution in [0.2, 0.25) is 0 Å². The second-order valence-corrected chi connectivity index (χ2v) is 8.25. The summed E-state index contributed by atoms with van der Waals surface area (Å²) in [5, 5.41) is 3.25. The largest absolute Gasteiger partial charge is 0.466 e. The number of carbonyl (C=O) groups excluding carboxylic acids is 1. The number of aliphatic imine (C=N–C) groups is 1. The number of nitrogens with one attached hydrogen (secondary N) is 1. The van der Waals surface area contributed by atoms with Gasteiger partial charge in [0.2, 0.25) is 0 Å². The number of sulfone groups is 1. The molecular formula is C16H31N3O5S. The molecule has 25 heavy (non-hydrogen) atoms. The summed E-state index contributed by atoms with van der Waals surface area (Å²) in [4.78, 5) is 18.5. The zero-order valence-corrected chi connectivity index (χ0v) is 16.3. The number of esters is 1. The van der Waals surface area contributed by atoms with Gasteiger partial charge in [-0.05, 0) is 26.7 Å². The van der Waals surface area contributed by atoms with E-state index in [4.69, 9.17) is 9.47 Å². The van der Waals surface area contributed by atoms with E-state index in [0.29, 0.717) is 19.8 Å². The number of hydrogen-bond donors (Lipinski definition) is 1. The molecule has 1 rings (SSSR count). The number of nitrogens with zero attached hydrogens (tertiary/aromatic N) is 2. The first-order valence-electron chi connectivity index (χ1n) is 8.82. The van der Waals surface area contributed by atoms with Crippen LogP contribution < -0.4 is 5.32 Å². The molecule has 0 atom stereocenters. The van der Waals surface area contributed by atoms with Crippen molar-refractivity contribution < 1.29 is 22.7 Å². The summed E-state index contributed by atoms with van der Waals surface area (Å²) in [5.74, 6) is 0.691. The van der Waals surface area contributed by atoms with E-state index in [1.807, 2.05) is 13.8 Å². The molecule has 0 aromatic rings. The van der Waals surface area contributed by atoms with Gasteiger partial charge in [-0.1, -0.05) is 0 Å². The van der Waals surface area contributed by atoms with Crippen LogP contribution in [0.15, 0.2) is 4.99 Å². The SMILES string of the molecule is CCNC(=NCCOCCS(C)(=O)=O)N1CCC(C(=O)OCC)CC1. The highest BCUT2D eigenvalue weighted by Crippen LogP contribution is 2.18. The number of hydrogen-bond acceptors (Lipinski definition) is 6. The van der Waals surface area contributed by atoms with Crippen LogP contribution in [0.1, 0.15) is 26.7 Å². The molecule has 1 aliphatic rings. The highest BCUT2D eigenvalue weighted by Gasteiger charge is 2.27. The molecule has 1 fully saturated rings. The number of likely N-dealkylation sites (tertiary alicyclic amines) is 1. The summed E-state index contributed by atoms with van der Waals surface area (Å²) in [5.41, 5.74) is 0. The lowest BCUT2D eigenvalue weighted by Crippen LogP contribution is -2.46. The van der Waals surface area contributed by atoms with Gasteiger partial charge < -0.3 is 19.7 Å². The highest BCUT2D eigenvalue weighted by molar-refractivity contribution is 7.90. The Hall–Kier alpha value is -1.35. The first kappa shape index (κ1) is 21.7. The molecule has 0 unspecified atom stereocenters. The van der Waals surface area contributed by atoms with E-state index >= 15 is 0 Å². The molecular weight excluding hydrogens is 346 g/mol. The summed E-state index contributed by atoms with van der Waals surface area (Å²) >= 11 is 0. The third-order valence-electron chi connectivity index (χ3n) is 3.84. The number of carbonyl (C=O) groups is 1. The van der Waals surface area contributed by atoms with Crippen molar-refractivity contribution in [1.29, 1.82) is 0 Å². The van der Waals surface area contributed by atoms with Crippen LogP contribution in [0.3, 0.4) is 0 Å². The number of guanidine groups is 1. The lowest BCUT2D eigenvalue weighted by Gasteiger charge is -2.33.